The summed E-state index contributed by atoms with van der Waals surface area (Å²) in [6.45, 7) is 5.98. The van der Waals surface area contributed by atoms with Gasteiger partial charge in [0.2, 0.25) is 0 Å². The van der Waals surface area contributed by atoms with Gasteiger partial charge >= 0.3 is 0 Å². The van der Waals surface area contributed by atoms with Crippen molar-refractivity contribution < 1.29 is 0 Å². The van der Waals surface area contributed by atoms with Crippen molar-refractivity contribution in [3.8, 4) is 6.07 Å². The summed E-state index contributed by atoms with van der Waals surface area (Å²) in [5.74, 6) is 1.08. The van der Waals surface area contributed by atoms with E-state index in [2.05, 4.69) is 37.3 Å². The highest BCUT2D eigenvalue weighted by Crippen LogP contribution is 2.25. The van der Waals surface area contributed by atoms with Crippen LogP contribution in [0.25, 0.3) is 0 Å². The van der Waals surface area contributed by atoms with Crippen LogP contribution in [0.2, 0.25) is 0 Å². The van der Waals surface area contributed by atoms with Crippen LogP contribution in [-0.2, 0) is 0 Å². The topological polar surface area (TPSA) is 27.0 Å². The average Bonchev–Trinajstić information content (AvgIpc) is 2.29. The molecular formula is C13H18N2S. The summed E-state index contributed by atoms with van der Waals surface area (Å²) in [5, 5.41) is 9.07. The lowest BCUT2D eigenvalue weighted by molar-refractivity contribution is 0.617. The third kappa shape index (κ3) is 2.93. The fourth-order valence-corrected chi connectivity index (χ4v) is 1.99. The monoisotopic (exact) mass is 234 g/mol. The summed E-state index contributed by atoms with van der Waals surface area (Å²) >= 11 is 1.83. The second-order valence-corrected chi connectivity index (χ2v) is 5.49. The molecular weight excluding hydrogens is 216 g/mol. The third-order valence-corrected chi connectivity index (χ3v) is 3.54. The molecule has 0 unspecified atom stereocenters. The van der Waals surface area contributed by atoms with Gasteiger partial charge in [0.25, 0.3) is 0 Å². The lowest BCUT2D eigenvalue weighted by Crippen LogP contribution is -2.39. The molecule has 1 rings (SSSR count). The van der Waals surface area contributed by atoms with E-state index in [4.69, 9.17) is 5.26 Å². The first-order valence-electron chi connectivity index (χ1n) is 5.39. The van der Waals surface area contributed by atoms with E-state index < -0.39 is 5.54 Å². The molecule has 3 heteroatoms. The van der Waals surface area contributed by atoms with Gasteiger partial charge in [0.05, 0.1) is 6.07 Å². The Kier molecular flexibility index (Phi) is 4.26. The minimum atomic E-state index is -0.473. The number of nitriles is 1. The summed E-state index contributed by atoms with van der Waals surface area (Å²) < 4.78 is 0. The molecule has 0 heterocycles. The summed E-state index contributed by atoms with van der Waals surface area (Å²) in [6, 6.07) is 10.6. The Morgan fingerprint density at radius 3 is 2.31 bits per heavy atom. The average molecular weight is 234 g/mol. The van der Waals surface area contributed by atoms with E-state index >= 15 is 0 Å². The maximum absolute atomic E-state index is 9.07. The predicted molar refractivity (Wildman–Crippen MR) is 70.9 cm³/mol. The smallest absolute Gasteiger partial charge is 0.121 e. The molecule has 0 aliphatic heterocycles. The van der Waals surface area contributed by atoms with Gasteiger partial charge < -0.3 is 4.90 Å². The Hall–Kier alpha value is -1.14. The van der Waals surface area contributed by atoms with Crippen LogP contribution >= 0.6 is 11.8 Å². The molecule has 0 aliphatic rings. The Morgan fingerprint density at radius 2 is 1.88 bits per heavy atom. The first kappa shape index (κ1) is 12.9. The molecule has 0 saturated heterocycles. The van der Waals surface area contributed by atoms with Crippen molar-refractivity contribution in [2.75, 3.05) is 17.7 Å². The Bertz CT molecular complexity index is 376. The number of anilines is 1. The Balaban J connectivity index is 2.86. The van der Waals surface area contributed by atoms with Crippen LogP contribution in [0.3, 0.4) is 0 Å². The van der Waals surface area contributed by atoms with Crippen LogP contribution in [0, 0.1) is 11.3 Å². The molecule has 86 valence electrons. The minimum Gasteiger partial charge on any atom is -0.357 e. The van der Waals surface area contributed by atoms with Gasteiger partial charge in [-0.1, -0.05) is 6.92 Å². The van der Waals surface area contributed by atoms with E-state index in [0.29, 0.717) is 0 Å². The molecule has 16 heavy (non-hydrogen) atoms. The van der Waals surface area contributed by atoms with E-state index in [-0.39, 0.29) is 0 Å². The van der Waals surface area contributed by atoms with E-state index in [1.807, 2.05) is 37.6 Å². The normalized spacial score (nSPS) is 10.9. The molecule has 0 atom stereocenters. The summed E-state index contributed by atoms with van der Waals surface area (Å²) in [7, 11) is 1.95. The molecule has 0 saturated carbocycles. The molecule has 0 aliphatic carbocycles. The third-order valence-electron chi connectivity index (χ3n) is 2.65. The summed E-state index contributed by atoms with van der Waals surface area (Å²) in [6.07, 6.45) is 0. The highest BCUT2D eigenvalue weighted by molar-refractivity contribution is 7.99. The molecule has 0 N–H and O–H groups in total. The number of thioether (sulfide) groups is 1. The van der Waals surface area contributed by atoms with E-state index in [1.165, 1.54) is 4.90 Å². The number of benzene rings is 1. The number of rotatable bonds is 4. The minimum absolute atomic E-state index is 0.473. The maximum Gasteiger partial charge on any atom is 0.121 e. The largest absolute Gasteiger partial charge is 0.357 e. The quantitative estimate of drug-likeness (QED) is 0.746. The number of hydrogen-bond donors (Lipinski definition) is 0. The van der Waals surface area contributed by atoms with Gasteiger partial charge in [-0.15, -0.1) is 11.8 Å². The van der Waals surface area contributed by atoms with Crippen molar-refractivity contribution >= 4 is 17.4 Å². The van der Waals surface area contributed by atoms with Gasteiger partial charge in [0, 0.05) is 17.6 Å². The van der Waals surface area contributed by atoms with Crippen LogP contribution in [0.1, 0.15) is 20.8 Å². The fraction of sp³-hybridized carbons (Fsp3) is 0.462. The zero-order valence-corrected chi connectivity index (χ0v) is 11.1. The van der Waals surface area contributed by atoms with Crippen LogP contribution in [-0.4, -0.2) is 18.3 Å². The zero-order valence-electron chi connectivity index (χ0n) is 10.3. The van der Waals surface area contributed by atoms with Crippen LogP contribution < -0.4 is 4.90 Å². The van der Waals surface area contributed by atoms with Crippen LogP contribution in [0.5, 0.6) is 0 Å². The van der Waals surface area contributed by atoms with Gasteiger partial charge in [-0.3, -0.25) is 0 Å². The second-order valence-electron chi connectivity index (χ2n) is 4.16. The van der Waals surface area contributed by atoms with E-state index in [0.717, 1.165) is 11.4 Å². The number of hydrogen-bond acceptors (Lipinski definition) is 3. The SMILES string of the molecule is CCSc1ccc(N(C)C(C)(C)C#N)cc1. The first-order valence-corrected chi connectivity index (χ1v) is 6.37. The first-order chi connectivity index (χ1) is 7.51. The number of nitrogens with zero attached hydrogens (tertiary/aromatic N) is 2. The molecule has 1 aromatic carbocycles. The maximum atomic E-state index is 9.07. The molecule has 0 radical (unpaired) electrons. The van der Waals surface area contributed by atoms with Crippen molar-refractivity contribution in [3.05, 3.63) is 24.3 Å². The highest BCUT2D eigenvalue weighted by Gasteiger charge is 2.22. The summed E-state index contributed by atoms with van der Waals surface area (Å²) in [4.78, 5) is 3.27. The van der Waals surface area contributed by atoms with Crippen molar-refractivity contribution in [2.45, 2.75) is 31.2 Å². The van der Waals surface area contributed by atoms with Crippen LogP contribution in [0.15, 0.2) is 29.2 Å². The van der Waals surface area contributed by atoms with Gasteiger partial charge in [-0.25, -0.2) is 0 Å². The summed E-state index contributed by atoms with van der Waals surface area (Å²) in [5.41, 5.74) is 0.603. The molecule has 0 aromatic heterocycles. The van der Waals surface area contributed by atoms with Gasteiger partial charge in [0.15, 0.2) is 0 Å². The lowest BCUT2D eigenvalue weighted by Gasteiger charge is -2.31. The van der Waals surface area contributed by atoms with Crippen molar-refractivity contribution in [1.82, 2.24) is 0 Å². The molecule has 1 aromatic rings. The van der Waals surface area contributed by atoms with E-state index in [9.17, 15) is 0 Å². The zero-order chi connectivity index (χ0) is 12.2. The van der Waals surface area contributed by atoms with Crippen molar-refractivity contribution in [2.24, 2.45) is 0 Å². The Labute approximate surface area is 102 Å². The predicted octanol–water partition coefficient (Wildman–Crippen LogP) is 3.54. The van der Waals surface area contributed by atoms with E-state index in [1.54, 1.807) is 0 Å². The van der Waals surface area contributed by atoms with Gasteiger partial charge in [-0.05, 0) is 43.9 Å². The fourth-order valence-electron chi connectivity index (χ4n) is 1.33. The second kappa shape index (κ2) is 5.27. The lowest BCUT2D eigenvalue weighted by atomic mass is 10.1. The molecule has 0 amide bonds. The van der Waals surface area contributed by atoms with Gasteiger partial charge in [-0.2, -0.15) is 5.26 Å². The van der Waals surface area contributed by atoms with Gasteiger partial charge in [0.1, 0.15) is 5.54 Å². The standard InChI is InChI=1S/C13H18N2S/c1-5-16-12-8-6-11(7-9-12)15(4)13(2,3)10-14/h6-9H,5H2,1-4H3. The molecule has 0 spiro atoms. The Morgan fingerprint density at radius 1 is 1.31 bits per heavy atom. The van der Waals surface area contributed by atoms with Crippen molar-refractivity contribution in [3.63, 3.8) is 0 Å². The van der Waals surface area contributed by atoms with Crippen molar-refractivity contribution in [1.29, 1.82) is 5.26 Å². The molecule has 0 fully saturated rings. The van der Waals surface area contributed by atoms with Crippen LogP contribution in [0.4, 0.5) is 5.69 Å². The highest BCUT2D eigenvalue weighted by atomic mass is 32.2. The molecule has 2 nitrogen and oxygen atoms in total. The molecule has 0 bridgehead atoms.